The van der Waals surface area contributed by atoms with Crippen LogP contribution in [0.5, 0.6) is 0 Å². The number of rotatable bonds is 6. The van der Waals surface area contributed by atoms with Crippen molar-refractivity contribution in [1.82, 2.24) is 15.4 Å². The van der Waals surface area contributed by atoms with Gasteiger partial charge >= 0.3 is 6.18 Å². The number of benzene rings is 2. The lowest BCUT2D eigenvalue weighted by atomic mass is 9.96. The van der Waals surface area contributed by atoms with E-state index < -0.39 is 23.8 Å². The molecule has 0 aliphatic carbocycles. The van der Waals surface area contributed by atoms with Gasteiger partial charge in [-0.15, -0.1) is 0 Å². The number of hydrazine groups is 1. The SMILES string of the molecule is O=C(NNc1ncccn1)c1ccc(C(F)=CC(c2cc(Cl)c(Cl)c(Cl)c2)C(F)(F)F)cc1. The number of carbonyl (C=O) groups excluding carboxylic acids is 1. The first kappa shape index (κ1) is 24.8. The predicted octanol–water partition coefficient (Wildman–Crippen LogP) is 6.85. The molecule has 172 valence electrons. The van der Waals surface area contributed by atoms with Gasteiger partial charge in [0.25, 0.3) is 5.91 Å². The number of amides is 1. The van der Waals surface area contributed by atoms with E-state index >= 15 is 0 Å². The Kier molecular flexibility index (Phi) is 7.78. The summed E-state index contributed by atoms with van der Waals surface area (Å²) in [5.74, 6) is -3.92. The minimum atomic E-state index is -4.83. The molecule has 33 heavy (non-hydrogen) atoms. The van der Waals surface area contributed by atoms with Gasteiger partial charge < -0.3 is 0 Å². The van der Waals surface area contributed by atoms with Crippen LogP contribution in [0.4, 0.5) is 23.5 Å². The summed E-state index contributed by atoms with van der Waals surface area (Å²) in [7, 11) is 0. The molecule has 0 radical (unpaired) electrons. The van der Waals surface area contributed by atoms with Crippen LogP contribution >= 0.6 is 34.8 Å². The molecule has 12 heteroatoms. The number of aromatic nitrogens is 2. The third kappa shape index (κ3) is 6.34. The van der Waals surface area contributed by atoms with Crippen LogP contribution in [0.2, 0.25) is 15.1 Å². The van der Waals surface area contributed by atoms with Crippen LogP contribution in [0.3, 0.4) is 0 Å². The molecule has 3 rings (SSSR count). The second-order valence-corrected chi connectivity index (χ2v) is 7.75. The van der Waals surface area contributed by atoms with Gasteiger partial charge in [-0.1, -0.05) is 46.9 Å². The summed E-state index contributed by atoms with van der Waals surface area (Å²) < 4.78 is 55.6. The molecule has 0 aliphatic heterocycles. The second kappa shape index (κ2) is 10.4. The maximum atomic E-state index is 14.7. The van der Waals surface area contributed by atoms with Gasteiger partial charge in [0.2, 0.25) is 5.95 Å². The third-order valence-electron chi connectivity index (χ3n) is 4.31. The molecular formula is C21H13Cl3F4N4O. The highest BCUT2D eigenvalue weighted by Crippen LogP contribution is 2.42. The van der Waals surface area contributed by atoms with E-state index in [1.165, 1.54) is 36.7 Å². The van der Waals surface area contributed by atoms with Crippen molar-refractivity contribution in [3.63, 3.8) is 0 Å². The Bertz CT molecular complexity index is 1150. The van der Waals surface area contributed by atoms with Crippen LogP contribution < -0.4 is 10.9 Å². The molecule has 0 saturated carbocycles. The Balaban J connectivity index is 1.80. The summed E-state index contributed by atoms with van der Waals surface area (Å²) in [6, 6.07) is 8.41. The van der Waals surface area contributed by atoms with Gasteiger partial charge in [0.1, 0.15) is 11.7 Å². The summed E-state index contributed by atoms with van der Waals surface area (Å²) in [4.78, 5) is 19.9. The fraction of sp³-hybridized carbons (Fsp3) is 0.0952. The number of nitrogens with one attached hydrogen (secondary N) is 2. The van der Waals surface area contributed by atoms with Gasteiger partial charge in [0.05, 0.1) is 15.1 Å². The zero-order valence-electron chi connectivity index (χ0n) is 16.3. The molecule has 0 saturated heterocycles. The fourth-order valence-corrected chi connectivity index (χ4v) is 3.32. The first-order chi connectivity index (χ1) is 15.6. The molecule has 1 heterocycles. The number of hydrogen-bond acceptors (Lipinski definition) is 4. The molecule has 1 atom stereocenters. The summed E-state index contributed by atoms with van der Waals surface area (Å²) in [5, 5.41) is -0.478. The average Bonchev–Trinajstić information content (AvgIpc) is 2.79. The van der Waals surface area contributed by atoms with Crippen LogP contribution in [-0.4, -0.2) is 22.1 Å². The van der Waals surface area contributed by atoms with E-state index in [0.717, 1.165) is 12.1 Å². The lowest BCUT2D eigenvalue weighted by Gasteiger charge is -2.19. The van der Waals surface area contributed by atoms with Crippen molar-refractivity contribution in [2.45, 2.75) is 12.1 Å². The summed E-state index contributed by atoms with van der Waals surface area (Å²) in [6.07, 6.45) is -1.50. The Morgan fingerprint density at radius 2 is 1.52 bits per heavy atom. The number of halogens is 7. The van der Waals surface area contributed by atoms with E-state index in [1.54, 1.807) is 6.07 Å². The number of carbonyl (C=O) groups is 1. The van der Waals surface area contributed by atoms with E-state index in [-0.39, 0.29) is 37.7 Å². The van der Waals surface area contributed by atoms with Crippen LogP contribution in [0.25, 0.3) is 5.83 Å². The molecule has 0 bridgehead atoms. The normalized spacial score (nSPS) is 12.9. The maximum Gasteiger partial charge on any atom is 0.399 e. The van der Waals surface area contributed by atoms with Gasteiger partial charge in [-0.3, -0.25) is 15.6 Å². The Hall–Kier alpha value is -2.88. The summed E-state index contributed by atoms with van der Waals surface area (Å²) >= 11 is 17.4. The average molecular weight is 520 g/mol. The van der Waals surface area contributed by atoms with E-state index in [4.69, 9.17) is 34.8 Å². The van der Waals surface area contributed by atoms with Gasteiger partial charge in [-0.05, 0) is 42.0 Å². The van der Waals surface area contributed by atoms with Gasteiger partial charge in [0, 0.05) is 23.5 Å². The molecule has 1 aromatic heterocycles. The highest BCUT2D eigenvalue weighted by Gasteiger charge is 2.40. The van der Waals surface area contributed by atoms with Crippen molar-refractivity contribution < 1.29 is 22.4 Å². The van der Waals surface area contributed by atoms with Gasteiger partial charge in [-0.2, -0.15) is 13.2 Å². The van der Waals surface area contributed by atoms with E-state index in [0.29, 0.717) is 6.08 Å². The predicted molar refractivity (Wildman–Crippen MR) is 119 cm³/mol. The molecule has 2 aromatic carbocycles. The number of hydrogen-bond donors (Lipinski definition) is 2. The van der Waals surface area contributed by atoms with E-state index in [2.05, 4.69) is 20.8 Å². The smallest absolute Gasteiger partial charge is 0.267 e. The molecule has 0 spiro atoms. The van der Waals surface area contributed by atoms with Crippen molar-refractivity contribution >= 4 is 52.5 Å². The topological polar surface area (TPSA) is 66.9 Å². The highest BCUT2D eigenvalue weighted by atomic mass is 35.5. The number of allylic oxidation sites excluding steroid dienone is 1. The largest absolute Gasteiger partial charge is 0.399 e. The van der Waals surface area contributed by atoms with Crippen LogP contribution in [0, 0.1) is 0 Å². The van der Waals surface area contributed by atoms with Crippen LogP contribution in [-0.2, 0) is 0 Å². The number of anilines is 1. The molecule has 0 aliphatic rings. The number of nitrogens with zero attached hydrogens (tertiary/aromatic N) is 2. The quantitative estimate of drug-likeness (QED) is 0.212. The molecule has 0 fully saturated rings. The molecule has 3 aromatic rings. The molecule has 1 unspecified atom stereocenters. The third-order valence-corrected chi connectivity index (χ3v) is 5.50. The van der Waals surface area contributed by atoms with Crippen molar-refractivity contribution in [1.29, 1.82) is 0 Å². The molecule has 1 amide bonds. The molecular weight excluding hydrogens is 507 g/mol. The first-order valence-electron chi connectivity index (χ1n) is 9.08. The van der Waals surface area contributed by atoms with Crippen LogP contribution in [0.1, 0.15) is 27.4 Å². The monoisotopic (exact) mass is 518 g/mol. The Morgan fingerprint density at radius 3 is 2.06 bits per heavy atom. The van der Waals surface area contributed by atoms with Crippen molar-refractivity contribution in [2.75, 3.05) is 5.43 Å². The van der Waals surface area contributed by atoms with Crippen molar-refractivity contribution in [3.8, 4) is 0 Å². The fourth-order valence-electron chi connectivity index (χ4n) is 2.71. The van der Waals surface area contributed by atoms with Crippen molar-refractivity contribution in [2.24, 2.45) is 0 Å². The highest BCUT2D eigenvalue weighted by molar-refractivity contribution is 6.48. The summed E-state index contributed by atoms with van der Waals surface area (Å²) in [6.45, 7) is 0. The van der Waals surface area contributed by atoms with Crippen LogP contribution in [0.15, 0.2) is 60.9 Å². The minimum absolute atomic E-state index is 0.102. The minimum Gasteiger partial charge on any atom is -0.267 e. The maximum absolute atomic E-state index is 14.7. The molecule has 2 N–H and O–H groups in total. The molecule has 5 nitrogen and oxygen atoms in total. The first-order valence-corrected chi connectivity index (χ1v) is 10.2. The van der Waals surface area contributed by atoms with Crippen molar-refractivity contribution in [3.05, 3.63) is 92.7 Å². The van der Waals surface area contributed by atoms with E-state index in [1.807, 2.05) is 0 Å². The van der Waals surface area contributed by atoms with E-state index in [9.17, 15) is 22.4 Å². The number of alkyl halides is 3. The Labute approximate surface area is 200 Å². The van der Waals surface area contributed by atoms with Gasteiger partial charge in [0.15, 0.2) is 0 Å². The Morgan fingerprint density at radius 1 is 0.970 bits per heavy atom. The lowest BCUT2D eigenvalue weighted by molar-refractivity contribution is -0.139. The zero-order chi connectivity index (χ0) is 24.2. The van der Waals surface area contributed by atoms with Gasteiger partial charge in [-0.25, -0.2) is 14.4 Å². The second-order valence-electron chi connectivity index (χ2n) is 6.56. The zero-order valence-corrected chi connectivity index (χ0v) is 18.6. The summed E-state index contributed by atoms with van der Waals surface area (Å²) in [5.41, 5.74) is 4.43. The standard InChI is InChI=1S/C21H13Cl3F4N4O/c22-15-8-13(9-16(23)18(15)24)14(21(26,27)28)10-17(25)11-2-4-12(5-3-11)19(33)31-32-20-29-6-1-7-30-20/h1-10,14H,(H,31,33)(H,29,30,32). The lowest BCUT2D eigenvalue weighted by Crippen LogP contribution is -2.30.